The number of rotatable bonds is 3. The van der Waals surface area contributed by atoms with Gasteiger partial charge in [-0.25, -0.2) is 4.79 Å². The van der Waals surface area contributed by atoms with E-state index in [0.717, 1.165) is 47.1 Å². The van der Waals surface area contributed by atoms with E-state index in [1.807, 2.05) is 19.9 Å². The van der Waals surface area contributed by atoms with Crippen LogP contribution in [-0.2, 0) is 19.1 Å². The molecule has 2 aromatic carbocycles. The van der Waals surface area contributed by atoms with Gasteiger partial charge in [0.25, 0.3) is 0 Å². The van der Waals surface area contributed by atoms with Crippen molar-refractivity contribution >= 4 is 16.7 Å². The van der Waals surface area contributed by atoms with Crippen LogP contribution in [0.2, 0.25) is 0 Å². The molecular weight excluding hydrogens is 383 g/mol. The zero-order chi connectivity index (χ0) is 20.8. The van der Waals surface area contributed by atoms with E-state index in [1.54, 1.807) is 11.0 Å². The Morgan fingerprint density at radius 3 is 2.69 bits per heavy atom. The van der Waals surface area contributed by atoms with Crippen LogP contribution < -0.4 is 15.3 Å². The van der Waals surface area contributed by atoms with Crippen LogP contribution in [0.3, 0.4) is 0 Å². The number of fused-ring (bicyclic) bond motifs is 2. The van der Waals surface area contributed by atoms with Crippen molar-refractivity contribution in [2.45, 2.75) is 39.4 Å². The van der Waals surface area contributed by atoms with E-state index in [2.05, 4.69) is 0 Å². The highest BCUT2D eigenvalue weighted by Gasteiger charge is 2.31. The Kier molecular flexibility index (Phi) is 4.76. The predicted octanol–water partition coefficient (Wildman–Crippen LogP) is 5.43. The molecule has 4 nitrogen and oxygen atoms in total. The van der Waals surface area contributed by atoms with Crippen molar-refractivity contribution in [1.82, 2.24) is 0 Å². The van der Waals surface area contributed by atoms with Gasteiger partial charge in [-0.2, -0.15) is 13.2 Å². The molecule has 0 unspecified atom stereocenters. The molecule has 0 atom stereocenters. The molecule has 0 fully saturated rings. The molecule has 4 rings (SSSR count). The number of hydrogen-bond donors (Lipinski definition) is 0. The summed E-state index contributed by atoms with van der Waals surface area (Å²) in [5, 5.41) is 0.845. The Morgan fingerprint density at radius 1 is 1.17 bits per heavy atom. The van der Waals surface area contributed by atoms with Gasteiger partial charge in [0, 0.05) is 34.8 Å². The first kappa shape index (κ1) is 19.4. The Hall–Kier alpha value is -2.96. The van der Waals surface area contributed by atoms with Gasteiger partial charge in [-0.15, -0.1) is 0 Å². The van der Waals surface area contributed by atoms with Gasteiger partial charge in [0.05, 0.1) is 5.56 Å². The number of benzene rings is 2. The Bertz CT molecular complexity index is 1130. The van der Waals surface area contributed by atoms with Crippen LogP contribution in [0, 0.1) is 6.92 Å². The number of aryl methyl sites for hydroxylation is 2. The number of ether oxygens (including phenoxy) is 1. The molecule has 1 aliphatic rings. The van der Waals surface area contributed by atoms with Gasteiger partial charge in [0.15, 0.2) is 6.73 Å². The number of anilines is 1. The summed E-state index contributed by atoms with van der Waals surface area (Å²) in [6, 6.07) is 8.65. The van der Waals surface area contributed by atoms with E-state index in [-0.39, 0.29) is 6.73 Å². The summed E-state index contributed by atoms with van der Waals surface area (Å²) >= 11 is 0. The van der Waals surface area contributed by atoms with Crippen LogP contribution in [0.1, 0.15) is 35.6 Å². The van der Waals surface area contributed by atoms with E-state index in [9.17, 15) is 18.0 Å². The normalized spacial score (nSPS) is 14.0. The SMILES string of the molecule is CCCc1cc(=O)oc2c(C)c3c(cc12)CN(c1cccc(C(F)(F)F)c1)CO3. The monoisotopic (exact) mass is 403 g/mol. The van der Waals surface area contributed by atoms with E-state index >= 15 is 0 Å². The van der Waals surface area contributed by atoms with Gasteiger partial charge in [0.1, 0.15) is 11.3 Å². The maximum Gasteiger partial charge on any atom is 0.416 e. The molecule has 0 bridgehead atoms. The fourth-order valence-electron chi connectivity index (χ4n) is 3.80. The average molecular weight is 403 g/mol. The second kappa shape index (κ2) is 7.13. The lowest BCUT2D eigenvalue weighted by molar-refractivity contribution is -0.137. The van der Waals surface area contributed by atoms with Gasteiger partial charge in [-0.3, -0.25) is 0 Å². The lowest BCUT2D eigenvalue weighted by Crippen LogP contribution is -2.32. The van der Waals surface area contributed by atoms with E-state index < -0.39 is 17.4 Å². The smallest absolute Gasteiger partial charge is 0.416 e. The van der Waals surface area contributed by atoms with Crippen molar-refractivity contribution in [3.8, 4) is 5.75 Å². The first-order valence-electron chi connectivity index (χ1n) is 9.42. The van der Waals surface area contributed by atoms with Crippen molar-refractivity contribution in [3.05, 3.63) is 69.1 Å². The first-order chi connectivity index (χ1) is 13.8. The molecule has 0 saturated heterocycles. The van der Waals surface area contributed by atoms with Crippen molar-refractivity contribution < 1.29 is 22.3 Å². The van der Waals surface area contributed by atoms with Crippen molar-refractivity contribution in [2.24, 2.45) is 0 Å². The van der Waals surface area contributed by atoms with Gasteiger partial charge < -0.3 is 14.1 Å². The van der Waals surface area contributed by atoms with E-state index in [0.29, 0.717) is 23.6 Å². The molecule has 0 amide bonds. The lowest BCUT2D eigenvalue weighted by Gasteiger charge is -2.32. The molecule has 152 valence electrons. The predicted molar refractivity (Wildman–Crippen MR) is 104 cm³/mol. The summed E-state index contributed by atoms with van der Waals surface area (Å²) in [4.78, 5) is 13.7. The summed E-state index contributed by atoms with van der Waals surface area (Å²) in [6.45, 7) is 4.38. The van der Waals surface area contributed by atoms with Gasteiger partial charge in [0.2, 0.25) is 0 Å². The summed E-state index contributed by atoms with van der Waals surface area (Å²) in [6.07, 6.45) is -2.79. The minimum absolute atomic E-state index is 0.111. The molecule has 2 heterocycles. The molecular formula is C22H20F3NO3. The van der Waals surface area contributed by atoms with Crippen molar-refractivity contribution in [2.75, 3.05) is 11.6 Å². The van der Waals surface area contributed by atoms with Gasteiger partial charge in [-0.1, -0.05) is 19.4 Å². The highest BCUT2D eigenvalue weighted by molar-refractivity contribution is 5.86. The van der Waals surface area contributed by atoms with Crippen molar-refractivity contribution in [3.63, 3.8) is 0 Å². The zero-order valence-corrected chi connectivity index (χ0v) is 16.1. The fourth-order valence-corrected chi connectivity index (χ4v) is 3.80. The van der Waals surface area contributed by atoms with E-state index in [4.69, 9.17) is 9.15 Å². The van der Waals surface area contributed by atoms with E-state index in [1.165, 1.54) is 12.1 Å². The molecule has 0 spiro atoms. The van der Waals surface area contributed by atoms with Crippen LogP contribution in [0.4, 0.5) is 18.9 Å². The highest BCUT2D eigenvalue weighted by atomic mass is 19.4. The summed E-state index contributed by atoms with van der Waals surface area (Å²) < 4.78 is 50.5. The second-order valence-electron chi connectivity index (χ2n) is 7.23. The molecule has 0 aliphatic carbocycles. The zero-order valence-electron chi connectivity index (χ0n) is 16.1. The van der Waals surface area contributed by atoms with Crippen LogP contribution in [0.5, 0.6) is 5.75 Å². The number of halogens is 3. The largest absolute Gasteiger partial charge is 0.472 e. The number of nitrogens with zero attached hydrogens (tertiary/aromatic N) is 1. The maximum absolute atomic E-state index is 13.1. The minimum atomic E-state index is -4.40. The summed E-state index contributed by atoms with van der Waals surface area (Å²) in [7, 11) is 0. The number of alkyl halides is 3. The average Bonchev–Trinajstić information content (AvgIpc) is 2.68. The standard InChI is InChI=1S/C22H20F3NO3/c1-3-5-14-9-19(27)29-21-13(2)20-15(8-18(14)21)11-26(12-28-20)17-7-4-6-16(10-17)22(23,24)25/h4,6-10H,3,5,11-12H2,1-2H3. The number of hydrogen-bond acceptors (Lipinski definition) is 4. The third kappa shape index (κ3) is 3.57. The molecule has 7 heteroatoms. The summed E-state index contributed by atoms with van der Waals surface area (Å²) in [5.74, 6) is 0.623. The molecule has 1 aromatic heterocycles. The molecule has 1 aliphatic heterocycles. The van der Waals surface area contributed by atoms with Crippen LogP contribution in [0.15, 0.2) is 45.6 Å². The van der Waals surface area contributed by atoms with Crippen LogP contribution in [0.25, 0.3) is 11.0 Å². The first-order valence-corrected chi connectivity index (χ1v) is 9.42. The quantitative estimate of drug-likeness (QED) is 0.547. The van der Waals surface area contributed by atoms with Crippen LogP contribution >= 0.6 is 0 Å². The topological polar surface area (TPSA) is 42.7 Å². The van der Waals surface area contributed by atoms with Crippen LogP contribution in [-0.4, -0.2) is 6.73 Å². The Balaban J connectivity index is 1.77. The lowest BCUT2D eigenvalue weighted by atomic mass is 9.98. The highest BCUT2D eigenvalue weighted by Crippen LogP contribution is 2.38. The van der Waals surface area contributed by atoms with Gasteiger partial charge >= 0.3 is 11.8 Å². The third-order valence-corrected chi connectivity index (χ3v) is 5.16. The van der Waals surface area contributed by atoms with Gasteiger partial charge in [-0.05, 0) is 43.2 Å². The van der Waals surface area contributed by atoms with Crippen molar-refractivity contribution in [1.29, 1.82) is 0 Å². The molecule has 3 aromatic rings. The fraction of sp³-hybridized carbons (Fsp3) is 0.318. The Morgan fingerprint density at radius 2 is 1.97 bits per heavy atom. The Labute approximate surface area is 165 Å². The maximum atomic E-state index is 13.1. The minimum Gasteiger partial charge on any atom is -0.472 e. The molecule has 0 saturated carbocycles. The third-order valence-electron chi connectivity index (χ3n) is 5.16. The molecule has 0 radical (unpaired) electrons. The molecule has 0 N–H and O–H groups in total. The summed E-state index contributed by atoms with van der Waals surface area (Å²) in [5.41, 5.74) is 2.35. The molecule has 29 heavy (non-hydrogen) atoms. The second-order valence-corrected chi connectivity index (χ2v) is 7.23.